The predicted molar refractivity (Wildman–Crippen MR) is 69.6 cm³/mol. The van der Waals surface area contributed by atoms with Crippen LogP contribution in [0.2, 0.25) is 0 Å². The van der Waals surface area contributed by atoms with Crippen LogP contribution < -0.4 is 0 Å². The minimum atomic E-state index is -0.475. The second-order valence-electron chi connectivity index (χ2n) is 6.52. The van der Waals surface area contributed by atoms with Gasteiger partial charge < -0.3 is 14.4 Å². The van der Waals surface area contributed by atoms with E-state index in [1.807, 2.05) is 27.7 Å². The summed E-state index contributed by atoms with van der Waals surface area (Å²) >= 11 is 0. The third kappa shape index (κ3) is 3.01. The van der Waals surface area contributed by atoms with Crippen molar-refractivity contribution < 1.29 is 19.1 Å². The summed E-state index contributed by atoms with van der Waals surface area (Å²) in [5.74, 6) is -0.145. The maximum atomic E-state index is 12.0. The average molecular weight is 269 g/mol. The van der Waals surface area contributed by atoms with Gasteiger partial charge in [0.1, 0.15) is 5.60 Å². The molecule has 1 heterocycles. The first-order chi connectivity index (χ1) is 8.77. The Balaban J connectivity index is 1.88. The molecule has 5 nitrogen and oxygen atoms in total. The van der Waals surface area contributed by atoms with Crippen LogP contribution in [0.25, 0.3) is 0 Å². The van der Waals surface area contributed by atoms with Crippen LogP contribution in [-0.2, 0) is 14.3 Å². The van der Waals surface area contributed by atoms with Gasteiger partial charge in [-0.3, -0.25) is 4.79 Å². The Hall–Kier alpha value is -1.26. The summed E-state index contributed by atoms with van der Waals surface area (Å²) in [5.41, 5.74) is -0.514. The average Bonchev–Trinajstić information content (AvgIpc) is 2.77. The van der Waals surface area contributed by atoms with Gasteiger partial charge in [-0.2, -0.15) is 0 Å². The van der Waals surface area contributed by atoms with Crippen LogP contribution in [0.15, 0.2) is 0 Å². The van der Waals surface area contributed by atoms with Crippen molar-refractivity contribution in [2.24, 2.45) is 11.3 Å². The zero-order valence-corrected chi connectivity index (χ0v) is 12.2. The Morgan fingerprint density at radius 1 is 1.37 bits per heavy atom. The van der Waals surface area contributed by atoms with Crippen molar-refractivity contribution in [1.29, 1.82) is 0 Å². The summed E-state index contributed by atoms with van der Waals surface area (Å²) in [7, 11) is 0. The molecule has 2 aliphatic rings. The standard InChI is InChI=1S/C14H23NO4/c1-5-18-11(16)10-8-14(10)6-7-15(9-14)12(17)19-13(2,3)4/h10H,5-9H2,1-4H3/t10-,14-/m0/s1. The van der Waals surface area contributed by atoms with Crippen LogP contribution in [0.1, 0.15) is 40.5 Å². The Morgan fingerprint density at radius 2 is 2.05 bits per heavy atom. The lowest BCUT2D eigenvalue weighted by molar-refractivity contribution is -0.145. The first kappa shape index (κ1) is 14.2. The molecule has 108 valence electrons. The Labute approximate surface area is 114 Å². The van der Waals surface area contributed by atoms with Crippen LogP contribution >= 0.6 is 0 Å². The van der Waals surface area contributed by atoms with E-state index in [2.05, 4.69) is 0 Å². The molecule has 19 heavy (non-hydrogen) atoms. The van der Waals surface area contributed by atoms with Gasteiger partial charge in [-0.25, -0.2) is 4.79 Å². The number of ether oxygens (including phenoxy) is 2. The van der Waals surface area contributed by atoms with Gasteiger partial charge in [-0.15, -0.1) is 0 Å². The lowest BCUT2D eigenvalue weighted by Crippen LogP contribution is -2.35. The van der Waals surface area contributed by atoms with Gasteiger partial charge in [-0.05, 0) is 40.5 Å². The maximum absolute atomic E-state index is 12.0. The molecular weight excluding hydrogens is 246 g/mol. The number of carbonyl (C=O) groups excluding carboxylic acids is 2. The second-order valence-corrected chi connectivity index (χ2v) is 6.52. The highest BCUT2D eigenvalue weighted by Crippen LogP contribution is 2.59. The molecule has 1 saturated heterocycles. The minimum Gasteiger partial charge on any atom is -0.466 e. The van der Waals surface area contributed by atoms with E-state index in [-0.39, 0.29) is 23.4 Å². The molecule has 1 aliphatic carbocycles. The second kappa shape index (κ2) is 4.69. The van der Waals surface area contributed by atoms with Gasteiger partial charge in [0.2, 0.25) is 0 Å². The summed E-state index contributed by atoms with van der Waals surface area (Å²) in [6, 6.07) is 0. The van der Waals surface area contributed by atoms with E-state index >= 15 is 0 Å². The zero-order chi connectivity index (χ0) is 14.3. The number of esters is 1. The van der Waals surface area contributed by atoms with Crippen LogP contribution in [0.4, 0.5) is 4.79 Å². The molecule has 0 radical (unpaired) electrons. The summed E-state index contributed by atoms with van der Waals surface area (Å²) in [6.45, 7) is 9.09. The van der Waals surface area contributed by atoms with E-state index in [4.69, 9.17) is 9.47 Å². The van der Waals surface area contributed by atoms with E-state index in [0.29, 0.717) is 19.7 Å². The molecule has 1 saturated carbocycles. The fourth-order valence-electron chi connectivity index (χ4n) is 2.75. The molecule has 0 aromatic carbocycles. The number of likely N-dealkylation sites (tertiary alicyclic amines) is 1. The number of hydrogen-bond acceptors (Lipinski definition) is 4. The highest BCUT2D eigenvalue weighted by atomic mass is 16.6. The number of hydrogen-bond donors (Lipinski definition) is 0. The summed E-state index contributed by atoms with van der Waals surface area (Å²) in [5, 5.41) is 0. The van der Waals surface area contributed by atoms with Crippen LogP contribution in [0.5, 0.6) is 0 Å². The van der Waals surface area contributed by atoms with E-state index in [1.165, 1.54) is 0 Å². The summed E-state index contributed by atoms with van der Waals surface area (Å²) in [6.07, 6.45) is 1.43. The maximum Gasteiger partial charge on any atom is 0.410 e. The third-order valence-corrected chi connectivity index (χ3v) is 3.80. The minimum absolute atomic E-state index is 0.0279. The van der Waals surface area contributed by atoms with Crippen LogP contribution in [0.3, 0.4) is 0 Å². The van der Waals surface area contributed by atoms with E-state index < -0.39 is 5.60 Å². The van der Waals surface area contributed by atoms with Gasteiger partial charge in [0.25, 0.3) is 0 Å². The molecule has 0 bridgehead atoms. The van der Waals surface area contributed by atoms with Crippen molar-refractivity contribution >= 4 is 12.1 Å². The van der Waals surface area contributed by atoms with E-state index in [1.54, 1.807) is 4.90 Å². The van der Waals surface area contributed by atoms with Gasteiger partial charge in [0.15, 0.2) is 0 Å². The highest BCUT2D eigenvalue weighted by Gasteiger charge is 2.62. The lowest BCUT2D eigenvalue weighted by Gasteiger charge is -2.24. The quantitative estimate of drug-likeness (QED) is 0.721. The summed E-state index contributed by atoms with van der Waals surface area (Å²) < 4.78 is 10.4. The Bertz CT molecular complexity index is 387. The van der Waals surface area contributed by atoms with Crippen molar-refractivity contribution in [1.82, 2.24) is 4.90 Å². The molecule has 0 unspecified atom stereocenters. The van der Waals surface area contributed by atoms with Gasteiger partial charge >= 0.3 is 12.1 Å². The third-order valence-electron chi connectivity index (χ3n) is 3.80. The number of nitrogens with zero attached hydrogens (tertiary/aromatic N) is 1. The molecule has 0 aromatic heterocycles. The number of rotatable bonds is 2. The van der Waals surface area contributed by atoms with Crippen molar-refractivity contribution in [3.05, 3.63) is 0 Å². The molecule has 1 aliphatic heterocycles. The number of amides is 1. The summed E-state index contributed by atoms with van der Waals surface area (Å²) in [4.78, 5) is 25.4. The Morgan fingerprint density at radius 3 is 2.63 bits per heavy atom. The monoisotopic (exact) mass is 269 g/mol. The van der Waals surface area contributed by atoms with Gasteiger partial charge in [0, 0.05) is 18.5 Å². The lowest BCUT2D eigenvalue weighted by atomic mass is 10.0. The van der Waals surface area contributed by atoms with Gasteiger partial charge in [-0.1, -0.05) is 0 Å². The molecular formula is C14H23NO4. The number of carbonyl (C=O) groups is 2. The largest absolute Gasteiger partial charge is 0.466 e. The van der Waals surface area contributed by atoms with Gasteiger partial charge in [0.05, 0.1) is 12.5 Å². The topological polar surface area (TPSA) is 55.8 Å². The molecule has 0 N–H and O–H groups in total. The Kier molecular flexibility index (Phi) is 3.49. The zero-order valence-electron chi connectivity index (χ0n) is 12.2. The fourth-order valence-corrected chi connectivity index (χ4v) is 2.75. The van der Waals surface area contributed by atoms with E-state index in [0.717, 1.165) is 12.8 Å². The smallest absolute Gasteiger partial charge is 0.410 e. The first-order valence-electron chi connectivity index (χ1n) is 6.92. The van der Waals surface area contributed by atoms with Crippen molar-refractivity contribution in [3.8, 4) is 0 Å². The molecule has 0 aromatic rings. The molecule has 2 fully saturated rings. The molecule has 5 heteroatoms. The van der Waals surface area contributed by atoms with Crippen molar-refractivity contribution in [2.45, 2.75) is 46.1 Å². The van der Waals surface area contributed by atoms with Crippen LogP contribution in [0, 0.1) is 11.3 Å². The molecule has 2 atom stereocenters. The normalized spacial score (nSPS) is 29.5. The van der Waals surface area contributed by atoms with Crippen LogP contribution in [-0.4, -0.2) is 42.3 Å². The fraction of sp³-hybridized carbons (Fsp3) is 0.857. The SMILES string of the molecule is CCOC(=O)[C@@H]1C[C@]12CCN(C(=O)OC(C)(C)C)C2. The van der Waals surface area contributed by atoms with E-state index in [9.17, 15) is 9.59 Å². The first-order valence-corrected chi connectivity index (χ1v) is 6.92. The highest BCUT2D eigenvalue weighted by molar-refractivity contribution is 5.78. The predicted octanol–water partition coefficient (Wildman–Crippen LogP) is 2.20. The molecule has 2 rings (SSSR count). The molecule has 1 amide bonds. The van der Waals surface area contributed by atoms with Crippen molar-refractivity contribution in [3.63, 3.8) is 0 Å². The van der Waals surface area contributed by atoms with Crippen molar-refractivity contribution in [2.75, 3.05) is 19.7 Å². The molecule has 1 spiro atoms.